The molecule has 4 aromatic carbocycles. The van der Waals surface area contributed by atoms with Crippen molar-refractivity contribution >= 4 is 43.6 Å². The summed E-state index contributed by atoms with van der Waals surface area (Å²) < 4.78 is 44.7. The molecular formula is C37H39BrN2O7S. The van der Waals surface area contributed by atoms with Gasteiger partial charge in [0.25, 0.3) is 0 Å². The highest BCUT2D eigenvalue weighted by Gasteiger charge is 2.38. The van der Waals surface area contributed by atoms with Crippen LogP contribution in [-0.2, 0) is 43.8 Å². The molecule has 0 unspecified atom stereocenters. The third-order valence-electron chi connectivity index (χ3n) is 8.02. The summed E-state index contributed by atoms with van der Waals surface area (Å²) in [6.07, 6.45) is -0.110. The molecule has 11 heteroatoms. The van der Waals surface area contributed by atoms with Gasteiger partial charge in [0.15, 0.2) is 9.84 Å². The second kappa shape index (κ2) is 16.3. The van der Waals surface area contributed by atoms with E-state index in [9.17, 15) is 18.0 Å². The Hall–Kier alpha value is -4.19. The first kappa shape index (κ1) is 35.1. The van der Waals surface area contributed by atoms with Crippen molar-refractivity contribution in [3.63, 3.8) is 0 Å². The number of anilines is 1. The van der Waals surface area contributed by atoms with Crippen molar-refractivity contribution in [3.05, 3.63) is 129 Å². The van der Waals surface area contributed by atoms with Crippen LogP contribution in [0, 0.1) is 6.92 Å². The van der Waals surface area contributed by atoms with Crippen molar-refractivity contribution in [3.8, 4) is 0 Å². The minimum Gasteiger partial charge on any atom is -0.449 e. The van der Waals surface area contributed by atoms with Crippen LogP contribution < -0.4 is 5.32 Å². The monoisotopic (exact) mass is 734 g/mol. The molecule has 0 spiro atoms. The van der Waals surface area contributed by atoms with E-state index in [0.29, 0.717) is 37.3 Å². The molecule has 48 heavy (non-hydrogen) atoms. The van der Waals surface area contributed by atoms with Gasteiger partial charge in [0.05, 0.1) is 29.9 Å². The maximum absolute atomic E-state index is 13.3. The summed E-state index contributed by atoms with van der Waals surface area (Å²) in [7, 11) is -2.06. The van der Waals surface area contributed by atoms with E-state index in [4.69, 9.17) is 14.2 Å². The van der Waals surface area contributed by atoms with Crippen LogP contribution in [0.2, 0.25) is 0 Å². The minimum absolute atomic E-state index is 0.0385. The standard InChI is InChI=1S/C37H39BrN2O7S/c1-26-19-31(38)13-17-34(26)30(24-45-22-27-9-5-3-6-10-27)25-46-36(41)39-32-14-18-35(48(43,44)33-15-16-33)29(20-32)21-40(2)37(42)47-23-28-11-7-4-8-12-28/h3-14,17-20,30,33H,15-16,21-25H2,1-2H3,(H,39,41)/t30-/m0/s1. The van der Waals surface area contributed by atoms with Crippen LogP contribution in [0.25, 0.3) is 0 Å². The summed E-state index contributed by atoms with van der Waals surface area (Å²) in [4.78, 5) is 27.3. The van der Waals surface area contributed by atoms with Crippen molar-refractivity contribution < 1.29 is 32.2 Å². The van der Waals surface area contributed by atoms with Crippen molar-refractivity contribution in [1.29, 1.82) is 0 Å². The first-order valence-electron chi connectivity index (χ1n) is 15.7. The van der Waals surface area contributed by atoms with E-state index in [-0.39, 0.29) is 30.6 Å². The summed E-state index contributed by atoms with van der Waals surface area (Å²) in [6.45, 7) is 2.85. The van der Waals surface area contributed by atoms with E-state index in [2.05, 4.69) is 21.2 Å². The molecule has 5 rings (SSSR count). The highest BCUT2D eigenvalue weighted by Crippen LogP contribution is 2.36. The fourth-order valence-electron chi connectivity index (χ4n) is 5.31. The lowest BCUT2D eigenvalue weighted by molar-refractivity contribution is 0.0804. The van der Waals surface area contributed by atoms with Crippen LogP contribution in [0.3, 0.4) is 0 Å². The Balaban J connectivity index is 1.26. The average molecular weight is 736 g/mol. The van der Waals surface area contributed by atoms with Crippen molar-refractivity contribution in [2.24, 2.45) is 0 Å². The first-order chi connectivity index (χ1) is 23.1. The Morgan fingerprint density at radius 2 is 1.54 bits per heavy atom. The predicted octanol–water partition coefficient (Wildman–Crippen LogP) is 8.01. The lowest BCUT2D eigenvalue weighted by Gasteiger charge is -2.21. The average Bonchev–Trinajstić information content (AvgIpc) is 3.93. The van der Waals surface area contributed by atoms with E-state index >= 15 is 0 Å². The number of carbonyl (C=O) groups is 2. The Morgan fingerprint density at radius 3 is 2.19 bits per heavy atom. The molecule has 0 aromatic heterocycles. The molecule has 2 amide bonds. The van der Waals surface area contributed by atoms with Gasteiger partial charge in [0.2, 0.25) is 0 Å². The SMILES string of the molecule is Cc1cc(Br)ccc1[C@@H](COCc1ccccc1)COC(=O)Nc1ccc(S(=O)(=O)C2CC2)c(CN(C)C(=O)OCc2ccccc2)c1. The molecule has 252 valence electrons. The van der Waals surface area contributed by atoms with Gasteiger partial charge in [0, 0.05) is 23.1 Å². The second-order valence-electron chi connectivity index (χ2n) is 11.9. The number of sulfone groups is 1. The van der Waals surface area contributed by atoms with Crippen molar-refractivity contribution in [2.45, 2.75) is 55.6 Å². The van der Waals surface area contributed by atoms with Gasteiger partial charge >= 0.3 is 12.2 Å². The lowest BCUT2D eigenvalue weighted by atomic mass is 9.96. The maximum Gasteiger partial charge on any atom is 0.411 e. The van der Waals surface area contributed by atoms with E-state index in [1.165, 1.54) is 17.0 Å². The van der Waals surface area contributed by atoms with Gasteiger partial charge in [0.1, 0.15) is 13.2 Å². The lowest BCUT2D eigenvalue weighted by Crippen LogP contribution is -2.28. The molecule has 1 saturated carbocycles. The molecule has 1 aliphatic carbocycles. The fourth-order valence-corrected chi connectivity index (χ4v) is 7.65. The van der Waals surface area contributed by atoms with Gasteiger partial charge in [-0.1, -0.05) is 82.7 Å². The van der Waals surface area contributed by atoms with Gasteiger partial charge in [-0.25, -0.2) is 18.0 Å². The largest absolute Gasteiger partial charge is 0.449 e. The van der Waals surface area contributed by atoms with Crippen LogP contribution >= 0.6 is 15.9 Å². The number of aryl methyl sites for hydroxylation is 1. The molecule has 0 radical (unpaired) electrons. The van der Waals surface area contributed by atoms with Gasteiger partial charge in [-0.15, -0.1) is 0 Å². The number of hydrogen-bond donors (Lipinski definition) is 1. The van der Waals surface area contributed by atoms with E-state index < -0.39 is 27.3 Å². The Bertz CT molecular complexity index is 1820. The normalized spacial score (nSPS) is 13.4. The molecule has 4 aromatic rings. The number of nitrogens with zero attached hydrogens (tertiary/aromatic N) is 1. The zero-order valence-electron chi connectivity index (χ0n) is 26.9. The zero-order chi connectivity index (χ0) is 34.1. The summed E-state index contributed by atoms with van der Waals surface area (Å²) >= 11 is 3.51. The quantitative estimate of drug-likeness (QED) is 0.140. The number of carbonyl (C=O) groups excluding carboxylic acids is 2. The number of nitrogens with one attached hydrogen (secondary N) is 1. The van der Waals surface area contributed by atoms with Crippen LogP contribution in [0.5, 0.6) is 0 Å². The molecule has 0 saturated heterocycles. The highest BCUT2D eigenvalue weighted by atomic mass is 79.9. The maximum atomic E-state index is 13.3. The summed E-state index contributed by atoms with van der Waals surface area (Å²) in [6, 6.07) is 29.6. The number of amides is 2. The van der Waals surface area contributed by atoms with Crippen LogP contribution in [0.1, 0.15) is 46.6 Å². The molecule has 9 nitrogen and oxygen atoms in total. The molecular weight excluding hydrogens is 696 g/mol. The molecule has 1 atom stereocenters. The van der Waals surface area contributed by atoms with Gasteiger partial charge in [-0.3, -0.25) is 5.32 Å². The highest BCUT2D eigenvalue weighted by molar-refractivity contribution is 9.10. The second-order valence-corrected chi connectivity index (χ2v) is 15.0. The summed E-state index contributed by atoms with van der Waals surface area (Å²) in [5.41, 5.74) is 4.62. The topological polar surface area (TPSA) is 111 Å². The number of halogens is 1. The minimum atomic E-state index is -3.60. The molecule has 0 heterocycles. The molecule has 0 bridgehead atoms. The smallest absolute Gasteiger partial charge is 0.411 e. The number of benzene rings is 4. The van der Waals surface area contributed by atoms with E-state index in [1.807, 2.05) is 85.8 Å². The molecule has 1 aliphatic rings. The predicted molar refractivity (Wildman–Crippen MR) is 187 cm³/mol. The molecule has 1 fully saturated rings. The molecule has 0 aliphatic heterocycles. The Kier molecular flexibility index (Phi) is 11.9. The summed E-state index contributed by atoms with van der Waals surface area (Å²) in [5, 5.41) is 2.28. The third kappa shape index (κ3) is 9.68. The van der Waals surface area contributed by atoms with Crippen molar-refractivity contribution in [1.82, 2.24) is 4.90 Å². The summed E-state index contributed by atoms with van der Waals surface area (Å²) in [5.74, 6) is -0.232. The Labute approximate surface area is 290 Å². The van der Waals surface area contributed by atoms with Crippen LogP contribution in [0.15, 0.2) is 106 Å². The fraction of sp³-hybridized carbons (Fsp3) is 0.297. The number of hydrogen-bond acceptors (Lipinski definition) is 7. The first-order valence-corrected chi connectivity index (χ1v) is 18.0. The number of rotatable bonds is 14. The number of ether oxygens (including phenoxy) is 3. The van der Waals surface area contributed by atoms with Crippen LogP contribution in [0.4, 0.5) is 15.3 Å². The van der Waals surface area contributed by atoms with E-state index in [1.54, 1.807) is 13.1 Å². The Morgan fingerprint density at radius 1 is 0.875 bits per heavy atom. The van der Waals surface area contributed by atoms with E-state index in [0.717, 1.165) is 26.7 Å². The van der Waals surface area contributed by atoms with Gasteiger partial charge in [-0.2, -0.15) is 0 Å². The molecule has 1 N–H and O–H groups in total. The zero-order valence-corrected chi connectivity index (χ0v) is 29.3. The van der Waals surface area contributed by atoms with Gasteiger partial charge < -0.3 is 19.1 Å². The van der Waals surface area contributed by atoms with Gasteiger partial charge in [-0.05, 0) is 77.9 Å². The van der Waals surface area contributed by atoms with Crippen molar-refractivity contribution in [2.75, 3.05) is 25.6 Å². The van der Waals surface area contributed by atoms with Crippen LogP contribution in [-0.4, -0.2) is 51.0 Å². The third-order valence-corrected chi connectivity index (χ3v) is 10.9.